The predicted molar refractivity (Wildman–Crippen MR) is 89.7 cm³/mol. The molecule has 0 amide bonds. The minimum atomic E-state index is -0.351. The molecule has 5 nitrogen and oxygen atoms in total. The lowest BCUT2D eigenvalue weighted by Crippen LogP contribution is -2.39. The van der Waals surface area contributed by atoms with Gasteiger partial charge in [-0.25, -0.2) is 0 Å². The number of nitro benzene ring substituents is 1. The maximum Gasteiger partial charge on any atom is 0.283 e. The molecule has 0 aliphatic carbocycles. The molecule has 0 aromatic heterocycles. The van der Waals surface area contributed by atoms with Crippen LogP contribution in [-0.2, 0) is 6.54 Å². The summed E-state index contributed by atoms with van der Waals surface area (Å²) in [7, 11) is 0. The Balaban J connectivity index is 0.00000220. The van der Waals surface area contributed by atoms with Gasteiger partial charge in [-0.3, -0.25) is 15.0 Å². The van der Waals surface area contributed by atoms with Crippen molar-refractivity contribution >= 4 is 34.0 Å². The second-order valence-electron chi connectivity index (χ2n) is 5.52. The zero-order valence-electron chi connectivity index (χ0n) is 12.0. The van der Waals surface area contributed by atoms with Crippen LogP contribution in [0.2, 0.25) is 0 Å². The fraction of sp³-hybridized carbons (Fsp3) is 0.571. The quantitative estimate of drug-likeness (QED) is 0.644. The van der Waals surface area contributed by atoms with Crippen LogP contribution in [0.15, 0.2) is 22.7 Å². The number of halogens is 2. The Hall–Kier alpha value is -0.690. The molecule has 1 aliphatic heterocycles. The smallest absolute Gasteiger partial charge is 0.283 e. The van der Waals surface area contributed by atoms with Crippen LogP contribution in [-0.4, -0.2) is 29.0 Å². The van der Waals surface area contributed by atoms with Gasteiger partial charge in [-0.1, -0.05) is 6.07 Å². The van der Waals surface area contributed by atoms with Gasteiger partial charge in [0.05, 0.1) is 9.40 Å². The van der Waals surface area contributed by atoms with E-state index in [9.17, 15) is 10.1 Å². The third-order valence-corrected chi connectivity index (χ3v) is 4.66. The van der Waals surface area contributed by atoms with Gasteiger partial charge in [-0.2, -0.15) is 0 Å². The van der Waals surface area contributed by atoms with Crippen LogP contribution in [0.1, 0.15) is 25.3 Å². The summed E-state index contributed by atoms with van der Waals surface area (Å²) in [4.78, 5) is 12.9. The number of benzene rings is 1. The Morgan fingerprint density at radius 1 is 1.48 bits per heavy atom. The maximum atomic E-state index is 10.9. The van der Waals surface area contributed by atoms with Crippen LogP contribution in [0.5, 0.6) is 0 Å². The van der Waals surface area contributed by atoms with Crippen LogP contribution in [0, 0.1) is 16.0 Å². The van der Waals surface area contributed by atoms with Gasteiger partial charge in [-0.05, 0) is 66.3 Å². The summed E-state index contributed by atoms with van der Waals surface area (Å²) < 4.78 is 0.530. The molecule has 1 aromatic carbocycles. The summed E-state index contributed by atoms with van der Waals surface area (Å²) in [5.41, 5.74) is 7.05. The van der Waals surface area contributed by atoms with Crippen molar-refractivity contribution in [3.8, 4) is 0 Å². The molecular formula is C14H21BrClN3O2. The normalized spacial score (nSPS) is 18.0. The summed E-state index contributed by atoms with van der Waals surface area (Å²) in [5, 5.41) is 10.9. The Morgan fingerprint density at radius 3 is 2.62 bits per heavy atom. The number of hydrogen-bond acceptors (Lipinski definition) is 4. The molecular weight excluding hydrogens is 358 g/mol. The highest BCUT2D eigenvalue weighted by atomic mass is 79.9. The Morgan fingerprint density at radius 2 is 2.10 bits per heavy atom. The van der Waals surface area contributed by atoms with Crippen LogP contribution in [0.25, 0.3) is 0 Å². The van der Waals surface area contributed by atoms with Crippen molar-refractivity contribution in [3.63, 3.8) is 0 Å². The topological polar surface area (TPSA) is 72.4 Å². The van der Waals surface area contributed by atoms with E-state index in [4.69, 9.17) is 5.73 Å². The molecule has 0 spiro atoms. The van der Waals surface area contributed by atoms with E-state index in [-0.39, 0.29) is 29.1 Å². The van der Waals surface area contributed by atoms with E-state index >= 15 is 0 Å². The molecule has 1 aromatic rings. The molecule has 1 heterocycles. The molecule has 0 bridgehead atoms. The molecule has 1 fully saturated rings. The van der Waals surface area contributed by atoms with Crippen molar-refractivity contribution in [2.24, 2.45) is 11.7 Å². The van der Waals surface area contributed by atoms with Crippen molar-refractivity contribution in [2.45, 2.75) is 32.4 Å². The Labute approximate surface area is 139 Å². The fourth-order valence-corrected chi connectivity index (χ4v) is 3.08. The molecule has 2 rings (SSSR count). The highest BCUT2D eigenvalue weighted by Crippen LogP contribution is 2.27. The second kappa shape index (κ2) is 8.08. The van der Waals surface area contributed by atoms with E-state index in [1.807, 2.05) is 6.07 Å². The summed E-state index contributed by atoms with van der Waals surface area (Å²) in [6, 6.07) is 5.60. The zero-order valence-corrected chi connectivity index (χ0v) is 14.4. The third-order valence-electron chi connectivity index (χ3n) is 3.99. The SMILES string of the molecule is CC(N)C1CCN(Cc2ccc(Br)c([N+](=O)[O-])c2)CC1.Cl. The van der Waals surface area contributed by atoms with E-state index in [0.717, 1.165) is 38.0 Å². The number of nitro groups is 1. The van der Waals surface area contributed by atoms with Gasteiger partial charge in [0.25, 0.3) is 5.69 Å². The summed E-state index contributed by atoms with van der Waals surface area (Å²) in [6.45, 7) is 4.85. The standard InChI is InChI=1S/C14H20BrN3O2.ClH/c1-10(16)12-4-6-17(7-5-12)9-11-2-3-13(15)14(8-11)18(19)20;/h2-3,8,10,12H,4-7,9,16H2,1H3;1H. The average Bonchev–Trinajstić information content (AvgIpc) is 2.41. The van der Waals surface area contributed by atoms with Crippen molar-refractivity contribution in [3.05, 3.63) is 38.3 Å². The van der Waals surface area contributed by atoms with Crippen LogP contribution < -0.4 is 5.73 Å². The minimum absolute atomic E-state index is 0. The Kier molecular flexibility index (Phi) is 7.06. The highest BCUT2D eigenvalue weighted by Gasteiger charge is 2.22. The third kappa shape index (κ3) is 4.92. The number of hydrogen-bond donors (Lipinski definition) is 1. The lowest BCUT2D eigenvalue weighted by Gasteiger charge is -2.33. The predicted octanol–water partition coefficient (Wildman–Crippen LogP) is 3.34. The van der Waals surface area contributed by atoms with Crippen molar-refractivity contribution in [1.82, 2.24) is 4.90 Å². The van der Waals surface area contributed by atoms with Gasteiger partial charge in [0.15, 0.2) is 0 Å². The highest BCUT2D eigenvalue weighted by molar-refractivity contribution is 9.10. The first-order chi connectivity index (χ1) is 9.47. The molecule has 0 radical (unpaired) electrons. The molecule has 1 unspecified atom stereocenters. The zero-order chi connectivity index (χ0) is 14.7. The average molecular weight is 379 g/mol. The number of nitrogens with zero attached hydrogens (tertiary/aromatic N) is 2. The molecule has 1 atom stereocenters. The number of likely N-dealkylation sites (tertiary alicyclic amines) is 1. The minimum Gasteiger partial charge on any atom is -0.328 e. The van der Waals surface area contributed by atoms with Crippen LogP contribution >= 0.6 is 28.3 Å². The van der Waals surface area contributed by atoms with Crippen molar-refractivity contribution in [1.29, 1.82) is 0 Å². The Bertz CT molecular complexity index is 491. The van der Waals surface area contributed by atoms with E-state index < -0.39 is 0 Å². The van der Waals surface area contributed by atoms with Crippen LogP contribution in [0.3, 0.4) is 0 Å². The first kappa shape index (κ1) is 18.4. The first-order valence-electron chi connectivity index (χ1n) is 6.88. The molecule has 2 N–H and O–H groups in total. The monoisotopic (exact) mass is 377 g/mol. The molecule has 1 saturated heterocycles. The van der Waals surface area contributed by atoms with Gasteiger partial charge in [-0.15, -0.1) is 12.4 Å². The van der Waals surface area contributed by atoms with Gasteiger partial charge in [0, 0.05) is 18.7 Å². The lowest BCUT2D eigenvalue weighted by atomic mass is 9.91. The second-order valence-corrected chi connectivity index (χ2v) is 6.37. The molecule has 1 aliphatic rings. The number of piperidine rings is 1. The van der Waals surface area contributed by atoms with Crippen LogP contribution in [0.4, 0.5) is 5.69 Å². The molecule has 0 saturated carbocycles. The van der Waals surface area contributed by atoms with E-state index in [1.54, 1.807) is 12.1 Å². The van der Waals surface area contributed by atoms with Gasteiger partial charge >= 0.3 is 0 Å². The molecule has 118 valence electrons. The first-order valence-corrected chi connectivity index (χ1v) is 7.67. The van der Waals surface area contributed by atoms with E-state index in [2.05, 4.69) is 27.8 Å². The summed E-state index contributed by atoms with van der Waals surface area (Å²) >= 11 is 3.21. The summed E-state index contributed by atoms with van der Waals surface area (Å²) in [5.74, 6) is 0.602. The van der Waals surface area contributed by atoms with Gasteiger partial charge in [0.1, 0.15) is 0 Å². The fourth-order valence-electron chi connectivity index (χ4n) is 2.69. The van der Waals surface area contributed by atoms with Gasteiger partial charge < -0.3 is 5.73 Å². The van der Waals surface area contributed by atoms with E-state index in [0.29, 0.717) is 10.4 Å². The van der Waals surface area contributed by atoms with Gasteiger partial charge in [0.2, 0.25) is 0 Å². The molecule has 21 heavy (non-hydrogen) atoms. The molecule has 7 heteroatoms. The van der Waals surface area contributed by atoms with Crippen molar-refractivity contribution in [2.75, 3.05) is 13.1 Å². The maximum absolute atomic E-state index is 10.9. The van der Waals surface area contributed by atoms with Crippen molar-refractivity contribution < 1.29 is 4.92 Å². The summed E-state index contributed by atoms with van der Waals surface area (Å²) in [6.07, 6.45) is 2.21. The largest absolute Gasteiger partial charge is 0.328 e. The number of nitrogens with two attached hydrogens (primary N) is 1. The van der Waals surface area contributed by atoms with E-state index in [1.165, 1.54) is 0 Å². The lowest BCUT2D eigenvalue weighted by molar-refractivity contribution is -0.385. The number of rotatable bonds is 4.